The first-order valence-electron chi connectivity index (χ1n) is 4.25. The molecule has 0 bridgehead atoms. The fraction of sp³-hybridized carbons (Fsp3) is 0.0833. The normalized spacial score (nSPS) is 11.9. The molecular formula is C12H13N. The molecule has 0 heterocycles. The summed E-state index contributed by atoms with van der Waals surface area (Å²) >= 11 is 0. The van der Waals surface area contributed by atoms with E-state index < -0.39 is 0 Å². The Kier molecular flexibility index (Phi) is 3.71. The van der Waals surface area contributed by atoms with Crippen LogP contribution in [0, 0.1) is 0 Å². The summed E-state index contributed by atoms with van der Waals surface area (Å²) in [6, 6.07) is 10.0. The van der Waals surface area contributed by atoms with Crippen LogP contribution in [-0.4, -0.2) is 5.71 Å². The average molecular weight is 171 g/mol. The Hall–Kier alpha value is -1.63. The minimum Gasteiger partial charge on any atom is -0.257 e. The predicted octanol–water partition coefficient (Wildman–Crippen LogP) is 3.20. The Balaban J connectivity index is 3.03. The monoisotopic (exact) mass is 171 g/mol. The number of hydrogen-bond acceptors (Lipinski definition) is 1. The van der Waals surface area contributed by atoms with Gasteiger partial charge in [-0.3, -0.25) is 4.99 Å². The zero-order valence-corrected chi connectivity index (χ0v) is 7.77. The number of allylic oxidation sites excluding steroid dienone is 2. The molecule has 0 fully saturated rings. The van der Waals surface area contributed by atoms with Crippen LogP contribution in [0.25, 0.3) is 0 Å². The lowest BCUT2D eigenvalue weighted by Crippen LogP contribution is -1.94. The van der Waals surface area contributed by atoms with Gasteiger partial charge in [0.25, 0.3) is 0 Å². The van der Waals surface area contributed by atoms with Gasteiger partial charge in [-0.25, -0.2) is 0 Å². The standard InChI is InChI=1S/C12H13N/c1-3-8-12(13-4-2)11-9-6-5-7-10-11/h3-10H,2H2,1H3/b8-3-,13-12?. The zero-order valence-electron chi connectivity index (χ0n) is 7.77. The first-order valence-corrected chi connectivity index (χ1v) is 4.25. The van der Waals surface area contributed by atoms with Gasteiger partial charge in [0, 0.05) is 11.8 Å². The lowest BCUT2D eigenvalue weighted by molar-refractivity contribution is 1.54. The summed E-state index contributed by atoms with van der Waals surface area (Å²) in [7, 11) is 0. The highest BCUT2D eigenvalue weighted by atomic mass is 14.7. The van der Waals surface area contributed by atoms with E-state index in [1.54, 1.807) is 6.20 Å². The molecule has 0 unspecified atom stereocenters. The van der Waals surface area contributed by atoms with Crippen molar-refractivity contribution in [3.63, 3.8) is 0 Å². The van der Waals surface area contributed by atoms with E-state index >= 15 is 0 Å². The van der Waals surface area contributed by atoms with E-state index in [1.165, 1.54) is 0 Å². The van der Waals surface area contributed by atoms with Crippen LogP contribution in [0.5, 0.6) is 0 Å². The molecule has 0 spiro atoms. The Morgan fingerprint density at radius 2 is 2.00 bits per heavy atom. The lowest BCUT2D eigenvalue weighted by atomic mass is 10.1. The molecule has 1 nitrogen and oxygen atoms in total. The third-order valence-corrected chi connectivity index (χ3v) is 1.62. The molecule has 0 aliphatic heterocycles. The van der Waals surface area contributed by atoms with E-state index in [0.717, 1.165) is 11.3 Å². The van der Waals surface area contributed by atoms with Gasteiger partial charge in [0.15, 0.2) is 0 Å². The van der Waals surface area contributed by atoms with Crippen LogP contribution < -0.4 is 0 Å². The van der Waals surface area contributed by atoms with Crippen molar-refractivity contribution in [2.24, 2.45) is 4.99 Å². The molecule has 1 heteroatoms. The summed E-state index contributed by atoms with van der Waals surface area (Å²) < 4.78 is 0. The molecule has 13 heavy (non-hydrogen) atoms. The summed E-state index contributed by atoms with van der Waals surface area (Å²) in [6.07, 6.45) is 5.49. The summed E-state index contributed by atoms with van der Waals surface area (Å²) in [5.74, 6) is 0. The SMILES string of the molecule is C=CN=C(/C=C\C)c1ccccc1. The first kappa shape index (κ1) is 9.46. The second-order valence-corrected chi connectivity index (χ2v) is 2.56. The van der Waals surface area contributed by atoms with Crippen LogP contribution in [-0.2, 0) is 0 Å². The van der Waals surface area contributed by atoms with Crippen LogP contribution in [0.2, 0.25) is 0 Å². The van der Waals surface area contributed by atoms with Crippen molar-refractivity contribution in [2.75, 3.05) is 0 Å². The Morgan fingerprint density at radius 1 is 1.31 bits per heavy atom. The predicted molar refractivity (Wildman–Crippen MR) is 58.0 cm³/mol. The van der Waals surface area contributed by atoms with Crippen molar-refractivity contribution >= 4 is 5.71 Å². The largest absolute Gasteiger partial charge is 0.257 e. The third-order valence-electron chi connectivity index (χ3n) is 1.62. The third kappa shape index (κ3) is 2.71. The molecule has 0 saturated heterocycles. The highest BCUT2D eigenvalue weighted by Gasteiger charge is 1.95. The molecule has 0 aromatic heterocycles. The number of aliphatic imine (C=N–C) groups is 1. The van der Waals surface area contributed by atoms with Crippen molar-refractivity contribution in [1.29, 1.82) is 0 Å². The number of benzene rings is 1. The number of nitrogens with zero attached hydrogens (tertiary/aromatic N) is 1. The number of rotatable bonds is 3. The van der Waals surface area contributed by atoms with Gasteiger partial charge < -0.3 is 0 Å². The molecule has 0 radical (unpaired) electrons. The van der Waals surface area contributed by atoms with Gasteiger partial charge in [-0.05, 0) is 13.0 Å². The van der Waals surface area contributed by atoms with Gasteiger partial charge in [-0.1, -0.05) is 43.0 Å². The van der Waals surface area contributed by atoms with Crippen LogP contribution >= 0.6 is 0 Å². The van der Waals surface area contributed by atoms with Crippen molar-refractivity contribution in [1.82, 2.24) is 0 Å². The fourth-order valence-electron chi connectivity index (χ4n) is 1.08. The van der Waals surface area contributed by atoms with Gasteiger partial charge in [-0.2, -0.15) is 0 Å². The molecule has 1 rings (SSSR count). The van der Waals surface area contributed by atoms with Crippen LogP contribution in [0.4, 0.5) is 0 Å². The molecule has 0 atom stereocenters. The Bertz CT molecular complexity index is 320. The highest BCUT2D eigenvalue weighted by Crippen LogP contribution is 2.02. The second-order valence-electron chi connectivity index (χ2n) is 2.56. The van der Waals surface area contributed by atoms with E-state index in [2.05, 4.69) is 11.6 Å². The van der Waals surface area contributed by atoms with Crippen LogP contribution in [0.15, 0.2) is 60.3 Å². The van der Waals surface area contributed by atoms with Gasteiger partial charge in [0.05, 0.1) is 5.71 Å². The summed E-state index contributed by atoms with van der Waals surface area (Å²) in [4.78, 5) is 4.18. The second kappa shape index (κ2) is 5.09. The van der Waals surface area contributed by atoms with Crippen molar-refractivity contribution in [3.8, 4) is 0 Å². The minimum absolute atomic E-state index is 0.943. The van der Waals surface area contributed by atoms with Crippen molar-refractivity contribution in [2.45, 2.75) is 6.92 Å². The van der Waals surface area contributed by atoms with Crippen molar-refractivity contribution < 1.29 is 0 Å². The summed E-state index contributed by atoms with van der Waals surface area (Å²) in [5, 5.41) is 0. The molecule has 1 aromatic carbocycles. The summed E-state index contributed by atoms with van der Waals surface area (Å²) in [6.45, 7) is 5.56. The smallest absolute Gasteiger partial charge is 0.0698 e. The highest BCUT2D eigenvalue weighted by molar-refractivity contribution is 6.08. The van der Waals surface area contributed by atoms with E-state index in [4.69, 9.17) is 0 Å². The lowest BCUT2D eigenvalue weighted by Gasteiger charge is -1.98. The van der Waals surface area contributed by atoms with Gasteiger partial charge >= 0.3 is 0 Å². The first-order chi connectivity index (χ1) is 6.38. The molecule has 1 aromatic rings. The molecule has 66 valence electrons. The molecule has 0 amide bonds. The minimum atomic E-state index is 0.943. The topological polar surface area (TPSA) is 12.4 Å². The van der Waals surface area contributed by atoms with Gasteiger partial charge in [0.2, 0.25) is 0 Å². The van der Waals surface area contributed by atoms with E-state index in [9.17, 15) is 0 Å². The van der Waals surface area contributed by atoms with E-state index in [-0.39, 0.29) is 0 Å². The van der Waals surface area contributed by atoms with Crippen LogP contribution in [0.1, 0.15) is 12.5 Å². The summed E-state index contributed by atoms with van der Waals surface area (Å²) in [5.41, 5.74) is 2.05. The van der Waals surface area contributed by atoms with E-state index in [0.29, 0.717) is 0 Å². The quantitative estimate of drug-likeness (QED) is 0.619. The van der Waals surface area contributed by atoms with Crippen molar-refractivity contribution in [3.05, 3.63) is 60.8 Å². The van der Waals surface area contributed by atoms with Crippen LogP contribution in [0.3, 0.4) is 0 Å². The fourth-order valence-corrected chi connectivity index (χ4v) is 1.08. The van der Waals surface area contributed by atoms with Gasteiger partial charge in [0.1, 0.15) is 0 Å². The maximum Gasteiger partial charge on any atom is 0.0698 e. The van der Waals surface area contributed by atoms with E-state index in [1.807, 2.05) is 49.4 Å². The Morgan fingerprint density at radius 3 is 2.54 bits per heavy atom. The molecule has 0 aliphatic carbocycles. The Labute approximate surface area is 79.1 Å². The maximum atomic E-state index is 4.18. The number of hydrogen-bond donors (Lipinski definition) is 0. The maximum absolute atomic E-state index is 4.18. The zero-order chi connectivity index (χ0) is 9.52. The molecular weight excluding hydrogens is 158 g/mol. The average Bonchev–Trinajstić information content (AvgIpc) is 2.19. The molecule has 0 saturated carbocycles. The molecule has 0 aliphatic rings. The molecule has 0 N–H and O–H groups in total. The van der Waals surface area contributed by atoms with Gasteiger partial charge in [-0.15, -0.1) is 0 Å².